The number of ether oxygens (including phenoxy) is 1. The number of piperidine rings is 2. The van der Waals surface area contributed by atoms with E-state index in [1.807, 2.05) is 29.2 Å². The minimum Gasteiger partial charge on any atom is -0.487 e. The Labute approximate surface area is 185 Å². The monoisotopic (exact) mass is 439 g/mol. The molecule has 0 N–H and O–H groups in total. The Balaban J connectivity index is 1.12. The number of hydrogen-bond acceptors (Lipinski definition) is 5. The molecular weight excluding hydrogens is 413 g/mol. The molecule has 1 amide bonds. The number of aromatic nitrogens is 1. The third-order valence-electron chi connectivity index (χ3n) is 6.35. The van der Waals surface area contributed by atoms with Crippen molar-refractivity contribution in [2.24, 2.45) is 0 Å². The van der Waals surface area contributed by atoms with Crippen LogP contribution < -0.4 is 4.74 Å². The van der Waals surface area contributed by atoms with Gasteiger partial charge >= 0.3 is 0 Å². The summed E-state index contributed by atoms with van der Waals surface area (Å²) in [5.41, 5.74) is 0.895. The summed E-state index contributed by atoms with van der Waals surface area (Å²) in [6, 6.07) is 15.0. The van der Waals surface area contributed by atoms with E-state index >= 15 is 0 Å². The smallest absolute Gasteiger partial charge is 0.282 e. The van der Waals surface area contributed by atoms with E-state index in [1.54, 1.807) is 18.2 Å². The minimum absolute atomic E-state index is 0.0524. The zero-order valence-electron chi connectivity index (χ0n) is 17.4. The number of para-hydroxylation sites is 2. The van der Waals surface area contributed by atoms with Gasteiger partial charge in [0, 0.05) is 32.2 Å². The van der Waals surface area contributed by atoms with E-state index in [1.165, 1.54) is 17.4 Å². The predicted molar refractivity (Wildman–Crippen MR) is 120 cm³/mol. The first kappa shape index (κ1) is 20.4. The van der Waals surface area contributed by atoms with Crippen LogP contribution in [-0.2, 0) is 0 Å². The van der Waals surface area contributed by atoms with E-state index in [9.17, 15) is 9.18 Å². The van der Waals surface area contributed by atoms with Crippen LogP contribution >= 0.6 is 11.3 Å². The molecule has 5 rings (SSSR count). The summed E-state index contributed by atoms with van der Waals surface area (Å²) in [5.74, 6) is 0.106. The molecule has 0 saturated carbocycles. The van der Waals surface area contributed by atoms with Crippen molar-refractivity contribution in [3.63, 3.8) is 0 Å². The summed E-state index contributed by atoms with van der Waals surface area (Å²) in [7, 11) is 0. The summed E-state index contributed by atoms with van der Waals surface area (Å²) in [6.07, 6.45) is 3.83. The quantitative estimate of drug-likeness (QED) is 0.597. The predicted octanol–water partition coefficient (Wildman–Crippen LogP) is 4.58. The van der Waals surface area contributed by atoms with Gasteiger partial charge in [-0.2, -0.15) is 0 Å². The Hall–Kier alpha value is -2.51. The summed E-state index contributed by atoms with van der Waals surface area (Å²) in [6.45, 7) is 3.45. The van der Waals surface area contributed by atoms with Crippen molar-refractivity contribution in [2.75, 3.05) is 26.2 Å². The molecule has 1 aromatic heterocycles. The fraction of sp³-hybridized carbons (Fsp3) is 0.417. The second-order valence-electron chi connectivity index (χ2n) is 8.29. The molecule has 0 spiro atoms. The Kier molecular flexibility index (Phi) is 5.87. The molecule has 31 heavy (non-hydrogen) atoms. The Morgan fingerprint density at radius 1 is 0.968 bits per heavy atom. The topological polar surface area (TPSA) is 45.7 Å². The molecule has 0 bridgehead atoms. The van der Waals surface area contributed by atoms with Crippen molar-refractivity contribution in [3.05, 3.63) is 59.4 Å². The molecule has 2 aromatic carbocycles. The van der Waals surface area contributed by atoms with Crippen LogP contribution in [0.4, 0.5) is 4.39 Å². The fourth-order valence-corrected chi connectivity index (χ4v) is 5.55. The minimum atomic E-state index is -0.296. The summed E-state index contributed by atoms with van der Waals surface area (Å²) < 4.78 is 20.8. The van der Waals surface area contributed by atoms with Gasteiger partial charge in [0.1, 0.15) is 6.10 Å². The number of carbonyl (C=O) groups excluding carboxylic acids is 1. The number of nitrogens with zero attached hydrogens (tertiary/aromatic N) is 3. The Bertz CT molecular complexity index is 1020. The van der Waals surface area contributed by atoms with Crippen LogP contribution in [0.15, 0.2) is 48.5 Å². The number of fused-ring (bicyclic) bond motifs is 1. The molecule has 2 saturated heterocycles. The van der Waals surface area contributed by atoms with E-state index in [2.05, 4.69) is 9.88 Å². The van der Waals surface area contributed by atoms with Gasteiger partial charge in [-0.1, -0.05) is 24.3 Å². The van der Waals surface area contributed by atoms with Crippen LogP contribution in [0.2, 0.25) is 0 Å². The highest BCUT2D eigenvalue weighted by molar-refractivity contribution is 7.20. The second-order valence-corrected chi connectivity index (χ2v) is 9.32. The highest BCUT2D eigenvalue weighted by Crippen LogP contribution is 2.27. The first-order chi connectivity index (χ1) is 15.2. The molecule has 2 aliphatic rings. The van der Waals surface area contributed by atoms with Crippen molar-refractivity contribution < 1.29 is 13.9 Å². The number of likely N-dealkylation sites (tertiary alicyclic amines) is 2. The molecule has 2 aliphatic heterocycles. The maximum Gasteiger partial charge on any atom is 0.282 e. The fourth-order valence-electron chi connectivity index (χ4n) is 4.61. The molecule has 162 valence electrons. The van der Waals surface area contributed by atoms with Gasteiger partial charge in [0.2, 0.25) is 0 Å². The van der Waals surface area contributed by atoms with Gasteiger partial charge < -0.3 is 9.64 Å². The third kappa shape index (κ3) is 4.43. The van der Waals surface area contributed by atoms with Crippen LogP contribution in [0, 0.1) is 5.82 Å². The van der Waals surface area contributed by atoms with Crippen LogP contribution in [0.25, 0.3) is 10.2 Å². The van der Waals surface area contributed by atoms with Gasteiger partial charge in [-0.3, -0.25) is 9.69 Å². The van der Waals surface area contributed by atoms with Crippen molar-refractivity contribution >= 4 is 27.5 Å². The molecule has 2 fully saturated rings. The van der Waals surface area contributed by atoms with E-state index in [4.69, 9.17) is 4.74 Å². The molecule has 0 radical (unpaired) electrons. The number of halogens is 1. The number of carbonyl (C=O) groups is 1. The van der Waals surface area contributed by atoms with Gasteiger partial charge in [0.15, 0.2) is 16.6 Å². The molecule has 5 nitrogen and oxygen atoms in total. The number of rotatable bonds is 4. The zero-order chi connectivity index (χ0) is 21.2. The highest BCUT2D eigenvalue weighted by atomic mass is 32.1. The molecule has 0 atom stereocenters. The van der Waals surface area contributed by atoms with Crippen molar-refractivity contribution in [3.8, 4) is 5.75 Å². The van der Waals surface area contributed by atoms with Crippen molar-refractivity contribution in [2.45, 2.75) is 37.8 Å². The largest absolute Gasteiger partial charge is 0.487 e. The molecule has 0 aliphatic carbocycles. The van der Waals surface area contributed by atoms with E-state index < -0.39 is 0 Å². The Morgan fingerprint density at radius 3 is 2.42 bits per heavy atom. The first-order valence-corrected chi connectivity index (χ1v) is 11.8. The molecule has 3 heterocycles. The molecule has 7 heteroatoms. The van der Waals surface area contributed by atoms with Crippen molar-refractivity contribution in [1.29, 1.82) is 0 Å². The number of hydrogen-bond donors (Lipinski definition) is 0. The van der Waals surface area contributed by atoms with Gasteiger partial charge in [0.05, 0.1) is 10.2 Å². The van der Waals surface area contributed by atoms with Gasteiger partial charge in [0.25, 0.3) is 5.91 Å². The molecular formula is C24H26FN3O2S. The number of benzene rings is 2. The maximum atomic E-state index is 13.8. The maximum absolute atomic E-state index is 13.8. The summed E-state index contributed by atoms with van der Waals surface area (Å²) in [4.78, 5) is 21.9. The average molecular weight is 440 g/mol. The lowest BCUT2D eigenvalue weighted by Gasteiger charge is -2.41. The van der Waals surface area contributed by atoms with E-state index in [0.717, 1.165) is 62.1 Å². The van der Waals surface area contributed by atoms with E-state index in [0.29, 0.717) is 16.8 Å². The van der Waals surface area contributed by atoms with E-state index in [-0.39, 0.29) is 17.8 Å². The van der Waals surface area contributed by atoms with Gasteiger partial charge in [-0.05, 0) is 49.9 Å². The van der Waals surface area contributed by atoms with Crippen LogP contribution in [-0.4, -0.2) is 59.0 Å². The lowest BCUT2D eigenvalue weighted by atomic mass is 9.99. The lowest BCUT2D eigenvalue weighted by Crippen LogP contribution is -2.50. The summed E-state index contributed by atoms with van der Waals surface area (Å²) in [5, 5.41) is 0.589. The first-order valence-electron chi connectivity index (χ1n) is 11.0. The Morgan fingerprint density at radius 2 is 1.68 bits per heavy atom. The standard InChI is InChI=1S/C24H26FN3O2S/c25-19-5-1-3-7-21(19)30-18-11-15-27(16-12-18)17-9-13-28(14-10-17)24(29)23-26-20-6-2-4-8-22(20)31-23/h1-8,17-18H,9-16H2. The van der Waals surface area contributed by atoms with Crippen LogP contribution in [0.3, 0.4) is 0 Å². The van der Waals surface area contributed by atoms with Crippen LogP contribution in [0.5, 0.6) is 5.75 Å². The third-order valence-corrected chi connectivity index (χ3v) is 7.38. The lowest BCUT2D eigenvalue weighted by molar-refractivity contribution is 0.0416. The van der Waals surface area contributed by atoms with Crippen molar-refractivity contribution in [1.82, 2.24) is 14.8 Å². The normalized spacial score (nSPS) is 19.1. The molecule has 3 aromatic rings. The number of amides is 1. The average Bonchev–Trinajstić information content (AvgIpc) is 3.25. The van der Waals surface area contributed by atoms with Crippen LogP contribution in [0.1, 0.15) is 35.5 Å². The SMILES string of the molecule is O=C(c1nc2ccccc2s1)N1CCC(N2CCC(Oc3ccccc3F)CC2)CC1. The zero-order valence-corrected chi connectivity index (χ0v) is 18.2. The second kappa shape index (κ2) is 8.93. The molecule has 0 unspecified atom stereocenters. The van der Waals surface area contributed by atoms with Gasteiger partial charge in [-0.25, -0.2) is 9.37 Å². The summed E-state index contributed by atoms with van der Waals surface area (Å²) >= 11 is 1.48. The highest BCUT2D eigenvalue weighted by Gasteiger charge is 2.31. The number of thiazole rings is 1. The van der Waals surface area contributed by atoms with Gasteiger partial charge in [-0.15, -0.1) is 11.3 Å².